The van der Waals surface area contributed by atoms with Crippen molar-refractivity contribution in [2.75, 3.05) is 0 Å². The molecular weight excluding hydrogens is 213 g/mol. The summed E-state index contributed by atoms with van der Waals surface area (Å²) in [5.74, 6) is 0.438. The molecule has 0 bridgehead atoms. The first-order valence-corrected chi connectivity index (χ1v) is 5.22. The minimum atomic E-state index is -4.12. The molecule has 1 aromatic carbocycles. The Morgan fingerprint density at radius 3 is 2.12 bits per heavy atom. The Labute approximate surface area is 93.8 Å². The van der Waals surface area contributed by atoms with Gasteiger partial charge in [-0.3, -0.25) is 0 Å². The molecule has 0 aliphatic rings. The topological polar surface area (TPSA) is 0 Å². The van der Waals surface area contributed by atoms with Crippen LogP contribution in [0, 0.1) is 0 Å². The van der Waals surface area contributed by atoms with E-state index in [2.05, 4.69) is 13.8 Å². The molecule has 3 heteroatoms. The van der Waals surface area contributed by atoms with Gasteiger partial charge in [-0.1, -0.05) is 50.3 Å². The van der Waals surface area contributed by atoms with Gasteiger partial charge in [0, 0.05) is 0 Å². The van der Waals surface area contributed by atoms with Crippen molar-refractivity contribution in [3.63, 3.8) is 0 Å². The molecule has 0 spiro atoms. The van der Waals surface area contributed by atoms with E-state index in [1.165, 1.54) is 11.6 Å². The van der Waals surface area contributed by atoms with Crippen LogP contribution in [0.15, 0.2) is 30.3 Å². The summed E-state index contributed by atoms with van der Waals surface area (Å²) in [6.45, 7) is 4.16. The lowest BCUT2D eigenvalue weighted by atomic mass is 10.0. The van der Waals surface area contributed by atoms with Gasteiger partial charge in [0.25, 0.3) is 0 Å². The van der Waals surface area contributed by atoms with E-state index >= 15 is 0 Å². The molecule has 0 N–H and O–H groups in total. The van der Waals surface area contributed by atoms with Crippen LogP contribution in [0.1, 0.15) is 37.3 Å². The van der Waals surface area contributed by atoms with Crippen molar-refractivity contribution in [3.8, 4) is 0 Å². The Morgan fingerprint density at radius 2 is 1.69 bits per heavy atom. The quantitative estimate of drug-likeness (QED) is 0.698. The maximum absolute atomic E-state index is 11.9. The van der Waals surface area contributed by atoms with Crippen molar-refractivity contribution in [2.24, 2.45) is 0 Å². The minimum absolute atomic E-state index is 0.438. The first-order valence-electron chi connectivity index (χ1n) is 5.22. The van der Waals surface area contributed by atoms with E-state index in [-0.39, 0.29) is 0 Å². The zero-order valence-electron chi connectivity index (χ0n) is 9.38. The Bertz CT molecular complexity index is 344. The van der Waals surface area contributed by atoms with Crippen molar-refractivity contribution in [1.29, 1.82) is 0 Å². The average molecular weight is 228 g/mol. The summed E-state index contributed by atoms with van der Waals surface area (Å²) >= 11 is 0. The standard InChI is InChI=1S/C13H15F3/c1-10(2)12-7-5-11(6-8-12)4-3-9-13(14,15)16/h3-8,10H,9H2,1-2H3. The highest BCUT2D eigenvalue weighted by atomic mass is 19.4. The molecule has 88 valence electrons. The maximum Gasteiger partial charge on any atom is 0.392 e. The molecule has 0 amide bonds. The fourth-order valence-corrected chi connectivity index (χ4v) is 1.32. The second-order valence-corrected chi connectivity index (χ2v) is 4.04. The van der Waals surface area contributed by atoms with Gasteiger partial charge in [-0.05, 0) is 17.0 Å². The van der Waals surface area contributed by atoms with E-state index in [1.54, 1.807) is 0 Å². The molecule has 0 saturated carbocycles. The molecule has 0 saturated heterocycles. The number of allylic oxidation sites excluding steroid dienone is 1. The average Bonchev–Trinajstić information content (AvgIpc) is 2.16. The van der Waals surface area contributed by atoms with E-state index in [0.717, 1.165) is 11.6 Å². The molecule has 0 nitrogen and oxygen atoms in total. The summed E-state index contributed by atoms with van der Waals surface area (Å²) in [6, 6.07) is 7.56. The molecule has 0 unspecified atom stereocenters. The van der Waals surface area contributed by atoms with Crippen molar-refractivity contribution in [1.82, 2.24) is 0 Å². The molecule has 0 atom stereocenters. The normalized spacial score (nSPS) is 12.6. The molecule has 0 aliphatic heterocycles. The molecule has 1 aromatic rings. The predicted molar refractivity (Wildman–Crippen MR) is 60.2 cm³/mol. The van der Waals surface area contributed by atoms with E-state index < -0.39 is 12.6 Å². The third kappa shape index (κ3) is 4.51. The number of alkyl halides is 3. The van der Waals surface area contributed by atoms with Gasteiger partial charge in [0.05, 0.1) is 6.42 Å². The minimum Gasteiger partial charge on any atom is -0.171 e. The fourth-order valence-electron chi connectivity index (χ4n) is 1.32. The van der Waals surface area contributed by atoms with Crippen LogP contribution in [0.5, 0.6) is 0 Å². The lowest BCUT2D eigenvalue weighted by molar-refractivity contribution is -0.124. The fraction of sp³-hybridized carbons (Fsp3) is 0.385. The van der Waals surface area contributed by atoms with Gasteiger partial charge in [0.1, 0.15) is 0 Å². The van der Waals surface area contributed by atoms with Gasteiger partial charge >= 0.3 is 6.18 Å². The largest absolute Gasteiger partial charge is 0.392 e. The molecule has 16 heavy (non-hydrogen) atoms. The van der Waals surface area contributed by atoms with Crippen LogP contribution >= 0.6 is 0 Å². The van der Waals surface area contributed by atoms with Gasteiger partial charge < -0.3 is 0 Å². The first kappa shape index (κ1) is 12.8. The second kappa shape index (κ2) is 5.19. The molecule has 0 aromatic heterocycles. The highest BCUT2D eigenvalue weighted by Gasteiger charge is 2.24. The molecular formula is C13H15F3. The smallest absolute Gasteiger partial charge is 0.171 e. The second-order valence-electron chi connectivity index (χ2n) is 4.04. The van der Waals surface area contributed by atoms with Gasteiger partial charge in [0.15, 0.2) is 0 Å². The molecule has 0 fully saturated rings. The van der Waals surface area contributed by atoms with Crippen LogP contribution in [0.3, 0.4) is 0 Å². The van der Waals surface area contributed by atoms with Gasteiger partial charge in [0.2, 0.25) is 0 Å². The number of rotatable bonds is 3. The Balaban J connectivity index is 2.62. The number of hydrogen-bond donors (Lipinski definition) is 0. The SMILES string of the molecule is CC(C)c1ccc(C=CCC(F)(F)F)cc1. The first-order chi connectivity index (χ1) is 7.38. The van der Waals surface area contributed by atoms with E-state index in [1.807, 2.05) is 24.3 Å². The summed E-state index contributed by atoms with van der Waals surface area (Å²) in [5.41, 5.74) is 1.99. The molecule has 0 radical (unpaired) electrons. The van der Waals surface area contributed by atoms with Gasteiger partial charge in [-0.25, -0.2) is 0 Å². The lowest BCUT2D eigenvalue weighted by Crippen LogP contribution is -2.03. The van der Waals surface area contributed by atoms with Crippen LogP contribution in [0.4, 0.5) is 13.2 Å². The summed E-state index contributed by atoms with van der Waals surface area (Å²) in [6.07, 6.45) is -2.35. The summed E-state index contributed by atoms with van der Waals surface area (Å²) in [4.78, 5) is 0. The Morgan fingerprint density at radius 1 is 1.12 bits per heavy atom. The number of hydrogen-bond acceptors (Lipinski definition) is 0. The zero-order chi connectivity index (χ0) is 12.2. The van der Waals surface area contributed by atoms with Crippen molar-refractivity contribution in [3.05, 3.63) is 41.5 Å². The summed E-state index contributed by atoms with van der Waals surface area (Å²) in [5, 5.41) is 0. The Kier molecular flexibility index (Phi) is 4.16. The van der Waals surface area contributed by atoms with Crippen LogP contribution in [-0.2, 0) is 0 Å². The number of benzene rings is 1. The van der Waals surface area contributed by atoms with Crippen LogP contribution < -0.4 is 0 Å². The third-order valence-corrected chi connectivity index (χ3v) is 2.26. The van der Waals surface area contributed by atoms with E-state index in [0.29, 0.717) is 5.92 Å². The third-order valence-electron chi connectivity index (χ3n) is 2.26. The zero-order valence-corrected chi connectivity index (χ0v) is 9.38. The van der Waals surface area contributed by atoms with Crippen LogP contribution in [0.2, 0.25) is 0 Å². The van der Waals surface area contributed by atoms with Crippen molar-refractivity contribution >= 4 is 6.08 Å². The highest BCUT2D eigenvalue weighted by molar-refractivity contribution is 5.49. The molecule has 0 heterocycles. The Hall–Kier alpha value is -1.25. The van der Waals surface area contributed by atoms with Crippen molar-refractivity contribution in [2.45, 2.75) is 32.4 Å². The maximum atomic E-state index is 11.9. The van der Waals surface area contributed by atoms with Gasteiger partial charge in [-0.2, -0.15) is 13.2 Å². The number of halogens is 3. The van der Waals surface area contributed by atoms with Gasteiger partial charge in [-0.15, -0.1) is 0 Å². The van der Waals surface area contributed by atoms with Crippen LogP contribution in [0.25, 0.3) is 6.08 Å². The monoisotopic (exact) mass is 228 g/mol. The van der Waals surface area contributed by atoms with Crippen LogP contribution in [-0.4, -0.2) is 6.18 Å². The summed E-state index contributed by atoms with van der Waals surface area (Å²) in [7, 11) is 0. The van der Waals surface area contributed by atoms with E-state index in [4.69, 9.17) is 0 Å². The summed E-state index contributed by atoms with van der Waals surface area (Å²) < 4.78 is 35.6. The molecule has 0 aliphatic carbocycles. The lowest BCUT2D eigenvalue weighted by Gasteiger charge is -2.05. The van der Waals surface area contributed by atoms with Crippen molar-refractivity contribution < 1.29 is 13.2 Å². The highest BCUT2D eigenvalue weighted by Crippen LogP contribution is 2.21. The predicted octanol–water partition coefficient (Wildman–Crippen LogP) is 4.78. The van der Waals surface area contributed by atoms with E-state index in [9.17, 15) is 13.2 Å². The molecule has 1 rings (SSSR count).